The first-order valence-corrected chi connectivity index (χ1v) is 13.8. The molecule has 5 N–H and O–H groups in total. The van der Waals surface area contributed by atoms with E-state index in [1.165, 1.54) is 20.3 Å². The standard InChI is InChI=1S/C31H43N3O8/c1-8-12-33-26-21-13-17(2)14-25(41-7)27(36)19(4)15-20(5)29(42-31(32)39)24(40-6)11-9-10-18(3)30(38)34-22(28(21)37)16-23(26)35/h8-11,15-17,19,24-25,27,29,33,36H,1,12-14H2,2-7H3,(H2,32,39)(H,34,38)/b11-9-,18-10+,20-15+/t17-,19+,24-,25?,27-,29+/m1/s1. The van der Waals surface area contributed by atoms with E-state index in [0.29, 0.717) is 12.0 Å². The van der Waals surface area contributed by atoms with Crippen LogP contribution in [0, 0.1) is 11.8 Å². The number of methoxy groups -OCH3 is 2. The molecule has 2 rings (SSSR count). The van der Waals surface area contributed by atoms with Gasteiger partial charge in [0.05, 0.1) is 23.6 Å². The van der Waals surface area contributed by atoms with Crippen LogP contribution in [0.2, 0.25) is 0 Å². The Morgan fingerprint density at radius 1 is 1.21 bits per heavy atom. The molecule has 0 spiro atoms. The summed E-state index contributed by atoms with van der Waals surface area (Å²) in [6.07, 6.45) is 5.34. The van der Waals surface area contributed by atoms with Gasteiger partial charge in [-0.05, 0) is 38.2 Å². The molecule has 6 atom stereocenters. The molecule has 2 amide bonds. The Morgan fingerprint density at radius 2 is 1.90 bits per heavy atom. The summed E-state index contributed by atoms with van der Waals surface area (Å²) in [6.45, 7) is 10.9. The third kappa shape index (κ3) is 9.10. The number of aliphatic hydroxyl groups is 1. The molecule has 0 saturated carbocycles. The van der Waals surface area contributed by atoms with Crippen LogP contribution in [0.3, 0.4) is 0 Å². The van der Waals surface area contributed by atoms with Crippen molar-refractivity contribution >= 4 is 23.6 Å². The third-order valence-corrected chi connectivity index (χ3v) is 7.22. The summed E-state index contributed by atoms with van der Waals surface area (Å²) in [5, 5.41) is 16.7. The number of ether oxygens (including phenoxy) is 3. The fourth-order valence-electron chi connectivity index (χ4n) is 4.95. The van der Waals surface area contributed by atoms with E-state index < -0.39 is 53.9 Å². The highest BCUT2D eigenvalue weighted by Crippen LogP contribution is 2.28. The quantitative estimate of drug-likeness (QED) is 0.271. The summed E-state index contributed by atoms with van der Waals surface area (Å²) < 4.78 is 16.6. The molecule has 0 saturated heterocycles. The van der Waals surface area contributed by atoms with Crippen molar-refractivity contribution in [2.24, 2.45) is 17.6 Å². The first kappa shape index (κ1) is 34.4. The summed E-state index contributed by atoms with van der Waals surface area (Å²) in [6, 6.07) is 0. The average Bonchev–Trinajstić information content (AvgIpc) is 2.94. The highest BCUT2D eigenvalue weighted by atomic mass is 16.6. The lowest BCUT2D eigenvalue weighted by Crippen LogP contribution is -2.37. The number of allylic oxidation sites excluding steroid dienone is 4. The molecule has 0 radical (unpaired) electrons. The molecule has 1 aliphatic heterocycles. The normalized spacial score (nSPS) is 31.6. The largest absolute Gasteiger partial charge is 0.439 e. The van der Waals surface area contributed by atoms with Crippen molar-refractivity contribution in [1.29, 1.82) is 0 Å². The Hall–Kier alpha value is -3.80. The topological polar surface area (TPSA) is 166 Å². The Bertz CT molecular complexity index is 1210. The number of nitrogens with two attached hydrogens (primary N) is 1. The van der Waals surface area contributed by atoms with Gasteiger partial charge in [-0.3, -0.25) is 14.4 Å². The number of hydrogen-bond donors (Lipinski definition) is 4. The minimum absolute atomic E-state index is 0.132. The second-order valence-corrected chi connectivity index (χ2v) is 10.6. The van der Waals surface area contributed by atoms with Gasteiger partial charge in [0, 0.05) is 43.9 Å². The van der Waals surface area contributed by atoms with Crippen LogP contribution in [0.25, 0.3) is 0 Å². The van der Waals surface area contributed by atoms with E-state index in [2.05, 4.69) is 17.2 Å². The minimum atomic E-state index is -1.00. The van der Waals surface area contributed by atoms with Crippen LogP contribution in [0.4, 0.5) is 4.79 Å². The van der Waals surface area contributed by atoms with Crippen LogP contribution in [-0.4, -0.2) is 73.9 Å². The Labute approximate surface area is 247 Å². The highest BCUT2D eigenvalue weighted by Gasteiger charge is 2.33. The molecule has 11 heteroatoms. The predicted octanol–water partition coefficient (Wildman–Crippen LogP) is 2.54. The molecule has 0 aromatic rings. The fourth-order valence-corrected chi connectivity index (χ4v) is 4.95. The van der Waals surface area contributed by atoms with E-state index in [4.69, 9.17) is 19.9 Å². The van der Waals surface area contributed by atoms with Gasteiger partial charge in [-0.25, -0.2) is 4.79 Å². The number of nitrogens with one attached hydrogen (secondary N) is 2. The number of amides is 2. The van der Waals surface area contributed by atoms with Gasteiger partial charge in [-0.2, -0.15) is 0 Å². The van der Waals surface area contributed by atoms with Crippen LogP contribution >= 0.6 is 0 Å². The fraction of sp³-hybridized carbons (Fsp3) is 0.484. The molecule has 1 unspecified atom stereocenters. The number of carbonyl (C=O) groups excluding carboxylic acids is 4. The van der Waals surface area contributed by atoms with E-state index in [9.17, 15) is 24.3 Å². The lowest BCUT2D eigenvalue weighted by molar-refractivity contribution is -0.120. The SMILES string of the molecule is C=CCNC1=C2C[C@@H](C)CC(OC)[C@H](O)[C@@H](C)/C=C(\C)[C@H](OC(N)=O)[C@H](OC)/C=C\C=C(/C)C(=O)NC(=CC1=O)C2=O. The summed E-state index contributed by atoms with van der Waals surface area (Å²) in [5.74, 6) is -2.14. The molecule has 0 aromatic heterocycles. The highest BCUT2D eigenvalue weighted by molar-refractivity contribution is 6.23. The van der Waals surface area contributed by atoms with E-state index in [0.717, 1.165) is 6.08 Å². The monoisotopic (exact) mass is 585 g/mol. The number of primary amides is 1. The average molecular weight is 586 g/mol. The number of Topliss-reactive ketones (excluding diaryl/α,β-unsaturated/α-hetero) is 1. The number of rotatable bonds is 6. The maximum absolute atomic E-state index is 13.5. The molecule has 1 heterocycles. The van der Waals surface area contributed by atoms with Crippen LogP contribution in [0.15, 0.2) is 71.1 Å². The van der Waals surface area contributed by atoms with Crippen molar-refractivity contribution in [3.05, 3.63) is 71.1 Å². The number of aliphatic hydroxyl groups excluding tert-OH is 1. The van der Waals surface area contributed by atoms with Gasteiger partial charge in [-0.15, -0.1) is 6.58 Å². The van der Waals surface area contributed by atoms with E-state index in [1.54, 1.807) is 45.1 Å². The van der Waals surface area contributed by atoms with Crippen molar-refractivity contribution in [2.75, 3.05) is 20.8 Å². The molecular formula is C31H43N3O8. The molecule has 0 fully saturated rings. The van der Waals surface area contributed by atoms with Gasteiger partial charge in [-0.1, -0.05) is 44.2 Å². The summed E-state index contributed by atoms with van der Waals surface area (Å²) in [4.78, 5) is 51.3. The molecule has 2 bridgehead atoms. The lowest BCUT2D eigenvalue weighted by Gasteiger charge is -2.30. The van der Waals surface area contributed by atoms with Gasteiger partial charge in [0.1, 0.15) is 6.10 Å². The second-order valence-electron chi connectivity index (χ2n) is 10.6. The number of hydrogen-bond acceptors (Lipinski definition) is 9. The maximum atomic E-state index is 13.5. The van der Waals surface area contributed by atoms with Crippen LogP contribution in [0.1, 0.15) is 40.5 Å². The number of ketones is 2. The van der Waals surface area contributed by atoms with Crippen LogP contribution < -0.4 is 16.4 Å². The van der Waals surface area contributed by atoms with Crippen molar-refractivity contribution < 1.29 is 38.5 Å². The molecule has 230 valence electrons. The van der Waals surface area contributed by atoms with Gasteiger partial charge in [0.2, 0.25) is 11.6 Å². The molecule has 1 aliphatic carbocycles. The molecule has 2 aliphatic rings. The van der Waals surface area contributed by atoms with E-state index in [1.807, 2.05) is 6.92 Å². The molecular weight excluding hydrogens is 542 g/mol. The lowest BCUT2D eigenvalue weighted by atomic mass is 9.85. The second kappa shape index (κ2) is 16.0. The Balaban J connectivity index is 2.62. The van der Waals surface area contributed by atoms with Crippen molar-refractivity contribution in [2.45, 2.75) is 65.0 Å². The third-order valence-electron chi connectivity index (χ3n) is 7.22. The first-order valence-electron chi connectivity index (χ1n) is 13.8. The van der Waals surface area contributed by atoms with Crippen LogP contribution in [-0.2, 0) is 28.6 Å². The summed E-state index contributed by atoms with van der Waals surface area (Å²) >= 11 is 0. The van der Waals surface area contributed by atoms with Gasteiger partial charge in [0.25, 0.3) is 5.91 Å². The molecule has 11 nitrogen and oxygen atoms in total. The van der Waals surface area contributed by atoms with E-state index in [-0.39, 0.29) is 41.4 Å². The smallest absolute Gasteiger partial charge is 0.405 e. The predicted molar refractivity (Wildman–Crippen MR) is 158 cm³/mol. The summed E-state index contributed by atoms with van der Waals surface area (Å²) in [7, 11) is 2.92. The van der Waals surface area contributed by atoms with E-state index >= 15 is 0 Å². The zero-order chi connectivity index (χ0) is 31.6. The molecule has 0 aromatic carbocycles. The van der Waals surface area contributed by atoms with Gasteiger partial charge < -0.3 is 35.7 Å². The van der Waals surface area contributed by atoms with Crippen molar-refractivity contribution in [3.8, 4) is 0 Å². The van der Waals surface area contributed by atoms with Gasteiger partial charge >= 0.3 is 6.09 Å². The zero-order valence-electron chi connectivity index (χ0n) is 25.1. The number of fused-ring (bicyclic) bond motifs is 2. The van der Waals surface area contributed by atoms with Crippen molar-refractivity contribution in [1.82, 2.24) is 10.6 Å². The first-order chi connectivity index (χ1) is 19.8. The van der Waals surface area contributed by atoms with Crippen molar-refractivity contribution in [3.63, 3.8) is 0 Å². The summed E-state index contributed by atoms with van der Waals surface area (Å²) in [5.41, 5.74) is 6.42. The van der Waals surface area contributed by atoms with Gasteiger partial charge in [0.15, 0.2) is 6.10 Å². The molecule has 42 heavy (non-hydrogen) atoms. The Morgan fingerprint density at radius 3 is 2.50 bits per heavy atom. The maximum Gasteiger partial charge on any atom is 0.405 e. The Kier molecular flexibility index (Phi) is 13.1. The minimum Gasteiger partial charge on any atom is -0.439 e. The number of carbonyl (C=O) groups is 4. The zero-order valence-corrected chi connectivity index (χ0v) is 25.1. The van der Waals surface area contributed by atoms with Crippen LogP contribution in [0.5, 0.6) is 0 Å².